The van der Waals surface area contributed by atoms with Crippen molar-refractivity contribution in [3.8, 4) is 0 Å². The summed E-state index contributed by atoms with van der Waals surface area (Å²) in [5.41, 5.74) is 1.96. The smallest absolute Gasteiger partial charge is 0.227 e. The zero-order valence-electron chi connectivity index (χ0n) is 14.4. The van der Waals surface area contributed by atoms with E-state index in [4.69, 9.17) is 0 Å². The molecule has 2 saturated heterocycles. The largest absolute Gasteiger partial charge is 0.338 e. The van der Waals surface area contributed by atoms with Crippen molar-refractivity contribution in [3.05, 3.63) is 53.6 Å². The molecule has 2 fully saturated rings. The number of halogens is 1. The summed E-state index contributed by atoms with van der Waals surface area (Å²) in [6.45, 7) is 2.70. The van der Waals surface area contributed by atoms with E-state index in [1.54, 1.807) is 6.07 Å². The molecule has 5 nitrogen and oxygen atoms in total. The minimum atomic E-state index is -0.284. The predicted octanol–water partition coefficient (Wildman–Crippen LogP) is 1.98. The van der Waals surface area contributed by atoms with Crippen LogP contribution in [0, 0.1) is 5.82 Å². The van der Waals surface area contributed by atoms with E-state index in [1.165, 1.54) is 17.7 Å². The number of hydrogen-bond acceptors (Lipinski definition) is 3. The Balaban J connectivity index is 1.40. The standard InChI is InChI=1S/C19H23FN4O/c1-22-12-15(11-21-22)13-23-7-5-18-17(23)6-8-24(18)19(25)10-14-3-2-4-16(20)9-14/h2-4,9,11-12,17-18H,5-8,10,13H2,1H3/t17-,18+/m0/s1. The molecule has 1 aromatic carbocycles. The van der Waals surface area contributed by atoms with Gasteiger partial charge in [0.25, 0.3) is 0 Å². The van der Waals surface area contributed by atoms with Gasteiger partial charge < -0.3 is 4.90 Å². The van der Waals surface area contributed by atoms with E-state index >= 15 is 0 Å². The van der Waals surface area contributed by atoms with Crippen LogP contribution in [0.15, 0.2) is 36.7 Å². The Morgan fingerprint density at radius 3 is 2.84 bits per heavy atom. The van der Waals surface area contributed by atoms with Crippen molar-refractivity contribution in [2.24, 2.45) is 7.05 Å². The number of benzene rings is 1. The highest BCUT2D eigenvalue weighted by molar-refractivity contribution is 5.79. The van der Waals surface area contributed by atoms with E-state index < -0.39 is 0 Å². The fourth-order valence-electron chi connectivity index (χ4n) is 4.29. The number of nitrogens with zero attached hydrogens (tertiary/aromatic N) is 4. The van der Waals surface area contributed by atoms with Crippen LogP contribution in [0.2, 0.25) is 0 Å². The number of aromatic nitrogens is 2. The lowest BCUT2D eigenvalue weighted by Gasteiger charge is -2.25. The van der Waals surface area contributed by atoms with Crippen LogP contribution in [0.5, 0.6) is 0 Å². The Hall–Kier alpha value is -2.21. The fraction of sp³-hybridized carbons (Fsp3) is 0.474. The molecule has 0 radical (unpaired) electrons. The maximum atomic E-state index is 13.3. The molecule has 2 aliphatic heterocycles. The van der Waals surface area contributed by atoms with E-state index in [9.17, 15) is 9.18 Å². The van der Waals surface area contributed by atoms with Crippen LogP contribution in [0.1, 0.15) is 24.0 Å². The average molecular weight is 342 g/mol. The van der Waals surface area contributed by atoms with Crippen LogP contribution in [-0.2, 0) is 24.8 Å². The maximum absolute atomic E-state index is 13.3. The molecule has 1 amide bonds. The minimum absolute atomic E-state index is 0.112. The topological polar surface area (TPSA) is 41.4 Å². The zero-order valence-corrected chi connectivity index (χ0v) is 14.4. The van der Waals surface area contributed by atoms with Gasteiger partial charge in [-0.05, 0) is 30.5 Å². The molecule has 132 valence electrons. The van der Waals surface area contributed by atoms with Crippen LogP contribution in [-0.4, -0.2) is 50.7 Å². The molecule has 3 heterocycles. The first-order valence-corrected chi connectivity index (χ1v) is 8.85. The van der Waals surface area contributed by atoms with Gasteiger partial charge in [-0.2, -0.15) is 5.10 Å². The number of carbonyl (C=O) groups excluding carboxylic acids is 1. The highest BCUT2D eigenvalue weighted by atomic mass is 19.1. The Morgan fingerprint density at radius 2 is 2.08 bits per heavy atom. The lowest BCUT2D eigenvalue weighted by molar-refractivity contribution is -0.131. The molecule has 6 heteroatoms. The third-order valence-electron chi connectivity index (χ3n) is 5.40. The van der Waals surface area contributed by atoms with Crippen LogP contribution in [0.3, 0.4) is 0 Å². The number of rotatable bonds is 4. The van der Waals surface area contributed by atoms with Gasteiger partial charge >= 0.3 is 0 Å². The molecule has 0 bridgehead atoms. The van der Waals surface area contributed by atoms with Crippen LogP contribution < -0.4 is 0 Å². The second kappa shape index (κ2) is 6.59. The number of likely N-dealkylation sites (tertiary alicyclic amines) is 2. The zero-order chi connectivity index (χ0) is 17.4. The lowest BCUT2D eigenvalue weighted by Crippen LogP contribution is -2.40. The summed E-state index contributed by atoms with van der Waals surface area (Å²) in [5.74, 6) is -0.172. The van der Waals surface area contributed by atoms with E-state index in [1.807, 2.05) is 28.9 Å². The second-order valence-corrected chi connectivity index (χ2v) is 7.10. The minimum Gasteiger partial charge on any atom is -0.338 e. The fourth-order valence-corrected chi connectivity index (χ4v) is 4.29. The number of amides is 1. The Bertz CT molecular complexity index is 774. The molecule has 2 aliphatic rings. The van der Waals surface area contributed by atoms with Gasteiger partial charge in [0.15, 0.2) is 0 Å². The maximum Gasteiger partial charge on any atom is 0.227 e. The summed E-state index contributed by atoms with van der Waals surface area (Å²) in [5, 5.41) is 4.24. The van der Waals surface area contributed by atoms with Gasteiger partial charge in [-0.15, -0.1) is 0 Å². The monoisotopic (exact) mass is 342 g/mol. The van der Waals surface area contributed by atoms with Crippen molar-refractivity contribution < 1.29 is 9.18 Å². The Kier molecular flexibility index (Phi) is 4.29. The van der Waals surface area contributed by atoms with Crippen LogP contribution >= 0.6 is 0 Å². The van der Waals surface area contributed by atoms with Gasteiger partial charge in [0.1, 0.15) is 5.82 Å². The summed E-state index contributed by atoms with van der Waals surface area (Å²) >= 11 is 0. The van der Waals surface area contributed by atoms with E-state index in [0.717, 1.165) is 38.0 Å². The number of fused-ring (bicyclic) bond motifs is 1. The van der Waals surface area contributed by atoms with Gasteiger partial charge in [0.05, 0.1) is 12.6 Å². The number of aryl methyl sites for hydroxylation is 1. The molecule has 1 aromatic heterocycles. The summed E-state index contributed by atoms with van der Waals surface area (Å²) in [4.78, 5) is 17.2. The molecule has 0 N–H and O–H groups in total. The molecule has 4 rings (SSSR count). The van der Waals surface area contributed by atoms with Crippen LogP contribution in [0.25, 0.3) is 0 Å². The molecule has 0 aliphatic carbocycles. The molecule has 2 aromatic rings. The quantitative estimate of drug-likeness (QED) is 0.853. The molecule has 0 saturated carbocycles. The first-order chi connectivity index (χ1) is 12.1. The Morgan fingerprint density at radius 1 is 1.24 bits per heavy atom. The van der Waals surface area contributed by atoms with Crippen LogP contribution in [0.4, 0.5) is 4.39 Å². The summed E-state index contributed by atoms with van der Waals surface area (Å²) in [6.07, 6.45) is 6.27. The predicted molar refractivity (Wildman–Crippen MR) is 92.2 cm³/mol. The third-order valence-corrected chi connectivity index (χ3v) is 5.40. The Labute approximate surface area is 147 Å². The summed E-state index contributed by atoms with van der Waals surface area (Å²) in [6, 6.07) is 7.06. The normalized spacial score (nSPS) is 23.2. The molecular formula is C19H23FN4O. The third kappa shape index (κ3) is 3.31. The molecule has 2 atom stereocenters. The van der Waals surface area contributed by atoms with Gasteiger partial charge in [0, 0.05) is 50.5 Å². The molecule has 0 unspecified atom stereocenters. The van der Waals surface area contributed by atoms with Crippen molar-refractivity contribution in [1.29, 1.82) is 0 Å². The highest BCUT2D eigenvalue weighted by Crippen LogP contribution is 2.33. The van der Waals surface area contributed by atoms with Crippen molar-refractivity contribution >= 4 is 5.91 Å². The second-order valence-electron chi connectivity index (χ2n) is 7.10. The van der Waals surface area contributed by atoms with Crippen molar-refractivity contribution in [2.45, 2.75) is 37.9 Å². The summed E-state index contributed by atoms with van der Waals surface area (Å²) < 4.78 is 15.2. The molecule has 0 spiro atoms. The lowest BCUT2D eigenvalue weighted by atomic mass is 10.1. The van der Waals surface area contributed by atoms with Gasteiger partial charge in [-0.3, -0.25) is 14.4 Å². The molecule has 25 heavy (non-hydrogen) atoms. The van der Waals surface area contributed by atoms with Gasteiger partial charge in [-0.25, -0.2) is 4.39 Å². The number of hydrogen-bond donors (Lipinski definition) is 0. The summed E-state index contributed by atoms with van der Waals surface area (Å²) in [7, 11) is 1.93. The highest BCUT2D eigenvalue weighted by Gasteiger charge is 2.43. The van der Waals surface area contributed by atoms with E-state index in [0.29, 0.717) is 6.04 Å². The molecular weight excluding hydrogens is 319 g/mol. The first kappa shape index (κ1) is 16.3. The van der Waals surface area contributed by atoms with Crippen molar-refractivity contribution in [3.63, 3.8) is 0 Å². The SMILES string of the molecule is Cn1cc(CN2CC[C@@H]3[C@@H]2CCN3C(=O)Cc2cccc(F)c2)cn1. The first-order valence-electron chi connectivity index (χ1n) is 8.85. The van der Waals surface area contributed by atoms with E-state index in [-0.39, 0.29) is 24.2 Å². The number of carbonyl (C=O) groups is 1. The van der Waals surface area contributed by atoms with E-state index in [2.05, 4.69) is 16.2 Å². The van der Waals surface area contributed by atoms with Crippen molar-refractivity contribution in [2.75, 3.05) is 13.1 Å². The average Bonchev–Trinajstić information content (AvgIpc) is 3.25. The van der Waals surface area contributed by atoms with Crippen molar-refractivity contribution in [1.82, 2.24) is 19.6 Å². The van der Waals surface area contributed by atoms with Gasteiger partial charge in [-0.1, -0.05) is 12.1 Å². The van der Waals surface area contributed by atoms with Gasteiger partial charge in [0.2, 0.25) is 5.91 Å².